The summed E-state index contributed by atoms with van der Waals surface area (Å²) in [5.74, 6) is -0.0178. The molecule has 0 fully saturated rings. The summed E-state index contributed by atoms with van der Waals surface area (Å²) >= 11 is 0. The number of allylic oxidation sites excluding steroid dienone is 1. The van der Waals surface area contributed by atoms with Crippen LogP contribution in [0.4, 0.5) is 0 Å². The lowest BCUT2D eigenvalue weighted by Gasteiger charge is -2.02. The molecular formula is C13H17NO. The molecule has 2 heteroatoms. The summed E-state index contributed by atoms with van der Waals surface area (Å²) < 4.78 is 0. The lowest BCUT2D eigenvalue weighted by atomic mass is 10.2. The quantitative estimate of drug-likeness (QED) is 0.749. The molecule has 15 heavy (non-hydrogen) atoms. The SMILES string of the molecule is CC/C(C)=C/CNC(=O)c1ccccc1. The van der Waals surface area contributed by atoms with Gasteiger partial charge in [0.05, 0.1) is 0 Å². The van der Waals surface area contributed by atoms with Crippen LogP contribution in [0.3, 0.4) is 0 Å². The van der Waals surface area contributed by atoms with Crippen LogP contribution in [0.5, 0.6) is 0 Å². The van der Waals surface area contributed by atoms with Gasteiger partial charge >= 0.3 is 0 Å². The number of hydrogen-bond donors (Lipinski definition) is 1. The lowest BCUT2D eigenvalue weighted by Crippen LogP contribution is -2.23. The predicted molar refractivity (Wildman–Crippen MR) is 62.8 cm³/mol. The van der Waals surface area contributed by atoms with Crippen molar-refractivity contribution in [2.24, 2.45) is 0 Å². The molecule has 0 atom stereocenters. The molecule has 1 amide bonds. The molecule has 0 saturated heterocycles. The van der Waals surface area contributed by atoms with Crippen LogP contribution >= 0.6 is 0 Å². The molecule has 0 bridgehead atoms. The Labute approximate surface area is 91.0 Å². The first-order valence-electron chi connectivity index (χ1n) is 5.23. The maximum atomic E-state index is 11.6. The highest BCUT2D eigenvalue weighted by molar-refractivity contribution is 5.94. The minimum Gasteiger partial charge on any atom is -0.349 e. The van der Waals surface area contributed by atoms with E-state index in [1.165, 1.54) is 5.57 Å². The molecule has 0 aromatic heterocycles. The summed E-state index contributed by atoms with van der Waals surface area (Å²) in [6, 6.07) is 9.25. The van der Waals surface area contributed by atoms with Crippen LogP contribution < -0.4 is 5.32 Å². The van der Waals surface area contributed by atoms with Crippen LogP contribution in [0.2, 0.25) is 0 Å². The number of amides is 1. The highest BCUT2D eigenvalue weighted by atomic mass is 16.1. The van der Waals surface area contributed by atoms with Gasteiger partial charge in [0.1, 0.15) is 0 Å². The van der Waals surface area contributed by atoms with E-state index in [1.807, 2.05) is 36.4 Å². The molecule has 0 heterocycles. The van der Waals surface area contributed by atoms with Gasteiger partial charge < -0.3 is 5.32 Å². The van der Waals surface area contributed by atoms with Gasteiger partial charge in [-0.1, -0.05) is 36.8 Å². The second-order valence-corrected chi connectivity index (χ2v) is 3.48. The predicted octanol–water partition coefficient (Wildman–Crippen LogP) is 2.77. The summed E-state index contributed by atoms with van der Waals surface area (Å²) in [6.07, 6.45) is 3.07. The zero-order valence-corrected chi connectivity index (χ0v) is 9.29. The Morgan fingerprint density at radius 2 is 2.00 bits per heavy atom. The van der Waals surface area contributed by atoms with Crippen molar-refractivity contribution in [1.29, 1.82) is 0 Å². The fourth-order valence-corrected chi connectivity index (χ4v) is 1.15. The Morgan fingerprint density at radius 1 is 1.33 bits per heavy atom. The van der Waals surface area contributed by atoms with E-state index in [2.05, 4.69) is 19.2 Å². The largest absolute Gasteiger partial charge is 0.349 e. The van der Waals surface area contributed by atoms with E-state index in [0.29, 0.717) is 12.1 Å². The van der Waals surface area contributed by atoms with Gasteiger partial charge in [-0.2, -0.15) is 0 Å². The number of hydrogen-bond acceptors (Lipinski definition) is 1. The third kappa shape index (κ3) is 3.98. The number of benzene rings is 1. The average Bonchev–Trinajstić information content (AvgIpc) is 2.29. The van der Waals surface area contributed by atoms with E-state index < -0.39 is 0 Å². The Kier molecular flexibility index (Phi) is 4.61. The molecule has 0 spiro atoms. The molecule has 0 aliphatic heterocycles. The van der Waals surface area contributed by atoms with E-state index in [0.717, 1.165) is 6.42 Å². The van der Waals surface area contributed by atoms with Crippen molar-refractivity contribution in [2.45, 2.75) is 20.3 Å². The molecule has 0 saturated carbocycles. The first-order chi connectivity index (χ1) is 7.24. The summed E-state index contributed by atoms with van der Waals surface area (Å²) in [7, 11) is 0. The Bertz CT molecular complexity index is 341. The van der Waals surface area contributed by atoms with Crippen molar-refractivity contribution in [3.05, 3.63) is 47.5 Å². The molecule has 1 aromatic carbocycles. The molecular weight excluding hydrogens is 186 g/mol. The molecule has 0 aliphatic rings. The maximum Gasteiger partial charge on any atom is 0.251 e. The Hall–Kier alpha value is -1.57. The second kappa shape index (κ2) is 6.02. The molecule has 2 nitrogen and oxygen atoms in total. The molecule has 0 radical (unpaired) electrons. The fourth-order valence-electron chi connectivity index (χ4n) is 1.15. The van der Waals surface area contributed by atoms with Gasteiger partial charge in [0.15, 0.2) is 0 Å². The zero-order chi connectivity index (χ0) is 11.1. The van der Waals surface area contributed by atoms with Gasteiger partial charge in [0, 0.05) is 12.1 Å². The van der Waals surface area contributed by atoms with Crippen molar-refractivity contribution in [3.8, 4) is 0 Å². The van der Waals surface area contributed by atoms with Crippen molar-refractivity contribution >= 4 is 5.91 Å². The average molecular weight is 203 g/mol. The van der Waals surface area contributed by atoms with Crippen LogP contribution in [0.1, 0.15) is 30.6 Å². The Morgan fingerprint density at radius 3 is 2.60 bits per heavy atom. The fraction of sp³-hybridized carbons (Fsp3) is 0.308. The normalized spacial score (nSPS) is 11.2. The zero-order valence-electron chi connectivity index (χ0n) is 9.29. The third-order valence-electron chi connectivity index (χ3n) is 2.31. The third-order valence-corrected chi connectivity index (χ3v) is 2.31. The van der Waals surface area contributed by atoms with E-state index >= 15 is 0 Å². The van der Waals surface area contributed by atoms with Gasteiger partial charge in [-0.05, 0) is 25.5 Å². The van der Waals surface area contributed by atoms with E-state index in [9.17, 15) is 4.79 Å². The van der Waals surface area contributed by atoms with E-state index in [4.69, 9.17) is 0 Å². The van der Waals surface area contributed by atoms with Gasteiger partial charge in [0.25, 0.3) is 5.91 Å². The smallest absolute Gasteiger partial charge is 0.251 e. The van der Waals surface area contributed by atoms with Gasteiger partial charge in [0.2, 0.25) is 0 Å². The molecule has 0 aliphatic carbocycles. The molecule has 0 unspecified atom stereocenters. The summed E-state index contributed by atoms with van der Waals surface area (Å²) in [5.41, 5.74) is 2.00. The Balaban J connectivity index is 2.44. The minimum atomic E-state index is -0.0178. The first-order valence-corrected chi connectivity index (χ1v) is 5.23. The van der Waals surface area contributed by atoms with Gasteiger partial charge in [-0.15, -0.1) is 0 Å². The molecule has 80 valence electrons. The standard InChI is InChI=1S/C13H17NO/c1-3-11(2)9-10-14-13(15)12-7-5-4-6-8-12/h4-9H,3,10H2,1-2H3,(H,14,15)/b11-9+. The summed E-state index contributed by atoms with van der Waals surface area (Å²) in [4.78, 5) is 11.6. The van der Waals surface area contributed by atoms with E-state index in [1.54, 1.807) is 0 Å². The van der Waals surface area contributed by atoms with Crippen molar-refractivity contribution in [3.63, 3.8) is 0 Å². The van der Waals surface area contributed by atoms with Crippen LogP contribution in [0, 0.1) is 0 Å². The number of rotatable bonds is 4. The molecule has 1 N–H and O–H groups in total. The first kappa shape index (κ1) is 11.5. The topological polar surface area (TPSA) is 29.1 Å². The highest BCUT2D eigenvalue weighted by Crippen LogP contribution is 1.99. The van der Waals surface area contributed by atoms with Crippen molar-refractivity contribution in [1.82, 2.24) is 5.32 Å². The van der Waals surface area contributed by atoms with Crippen LogP contribution in [0.15, 0.2) is 42.0 Å². The van der Waals surface area contributed by atoms with Crippen molar-refractivity contribution in [2.75, 3.05) is 6.54 Å². The summed E-state index contributed by atoms with van der Waals surface area (Å²) in [6.45, 7) is 4.77. The number of nitrogens with one attached hydrogen (secondary N) is 1. The maximum absolute atomic E-state index is 11.6. The van der Waals surface area contributed by atoms with Gasteiger partial charge in [-0.25, -0.2) is 0 Å². The van der Waals surface area contributed by atoms with Gasteiger partial charge in [-0.3, -0.25) is 4.79 Å². The lowest BCUT2D eigenvalue weighted by molar-refractivity contribution is 0.0958. The molecule has 1 aromatic rings. The summed E-state index contributed by atoms with van der Waals surface area (Å²) in [5, 5.41) is 2.85. The number of carbonyl (C=O) groups is 1. The van der Waals surface area contributed by atoms with Crippen LogP contribution in [0.25, 0.3) is 0 Å². The minimum absolute atomic E-state index is 0.0178. The van der Waals surface area contributed by atoms with Crippen LogP contribution in [-0.2, 0) is 0 Å². The molecule has 1 rings (SSSR count). The number of carbonyl (C=O) groups excluding carboxylic acids is 1. The van der Waals surface area contributed by atoms with Crippen LogP contribution in [-0.4, -0.2) is 12.5 Å². The highest BCUT2D eigenvalue weighted by Gasteiger charge is 2.01. The van der Waals surface area contributed by atoms with Crippen molar-refractivity contribution < 1.29 is 4.79 Å². The second-order valence-electron chi connectivity index (χ2n) is 3.48. The monoisotopic (exact) mass is 203 g/mol. The van der Waals surface area contributed by atoms with E-state index in [-0.39, 0.29) is 5.91 Å².